The maximum Gasteiger partial charge on any atom is 0.339 e. The maximum atomic E-state index is 14.0. The lowest BCUT2D eigenvalue weighted by Gasteiger charge is -2.41. The van der Waals surface area contributed by atoms with E-state index in [1.807, 2.05) is 0 Å². The van der Waals surface area contributed by atoms with E-state index in [9.17, 15) is 14.7 Å². The Morgan fingerprint density at radius 2 is 0.804 bits per heavy atom. The lowest BCUT2D eigenvalue weighted by atomic mass is 9.68. The third-order valence-corrected chi connectivity index (χ3v) is 11.5. The fraction of sp³-hybridized carbons (Fsp3) is 0.830. The van der Waals surface area contributed by atoms with E-state index in [0.29, 0.717) is 0 Å². The molecule has 0 aromatic heterocycles. The second-order valence-electron chi connectivity index (χ2n) is 16.0. The number of carboxylic acids is 1. The van der Waals surface area contributed by atoms with Gasteiger partial charge in [-0.3, -0.25) is 0 Å². The van der Waals surface area contributed by atoms with Crippen LogP contribution in [-0.2, 0) is 4.74 Å². The summed E-state index contributed by atoms with van der Waals surface area (Å²) in [6, 6.07) is 6.64. The number of rotatable bonds is 37. The Hall–Kier alpha value is -1.84. The van der Waals surface area contributed by atoms with Gasteiger partial charge in [0.1, 0.15) is 6.10 Å². The molecule has 1 aromatic rings. The molecule has 0 saturated heterocycles. The maximum absolute atomic E-state index is 14.0. The summed E-state index contributed by atoms with van der Waals surface area (Å²) in [5, 5.41) is 9.94. The van der Waals surface area contributed by atoms with Gasteiger partial charge >= 0.3 is 11.9 Å². The Bertz CT molecular complexity index is 910. The molecule has 0 aliphatic heterocycles. The average Bonchev–Trinajstić information content (AvgIpc) is 3.13. The van der Waals surface area contributed by atoms with Crippen molar-refractivity contribution in [2.75, 3.05) is 0 Å². The van der Waals surface area contributed by atoms with Crippen LogP contribution in [0, 0.1) is 5.41 Å². The van der Waals surface area contributed by atoms with E-state index >= 15 is 0 Å². The summed E-state index contributed by atoms with van der Waals surface area (Å²) in [5.41, 5.74) is 0.193. The van der Waals surface area contributed by atoms with Crippen LogP contribution in [0.25, 0.3) is 0 Å². The summed E-state index contributed by atoms with van der Waals surface area (Å²) in [5.74, 6) is -1.51. The highest BCUT2D eigenvalue weighted by molar-refractivity contribution is 6.02. The van der Waals surface area contributed by atoms with Crippen molar-refractivity contribution in [3.63, 3.8) is 0 Å². The minimum atomic E-state index is -1.07. The summed E-state index contributed by atoms with van der Waals surface area (Å²) in [6.45, 7) is 9.12. The first kappa shape index (κ1) is 47.2. The van der Waals surface area contributed by atoms with E-state index in [4.69, 9.17) is 4.74 Å². The number of carboxylic acid groups (broad SMARTS) is 1. The smallest absolute Gasteiger partial charge is 0.339 e. The van der Waals surface area contributed by atoms with E-state index in [1.54, 1.807) is 18.2 Å². The molecule has 0 aliphatic rings. The van der Waals surface area contributed by atoms with Crippen LogP contribution in [0.3, 0.4) is 0 Å². The van der Waals surface area contributed by atoms with Gasteiger partial charge < -0.3 is 9.84 Å². The minimum Gasteiger partial charge on any atom is -0.478 e. The third-order valence-electron chi connectivity index (χ3n) is 11.5. The van der Waals surface area contributed by atoms with Crippen LogP contribution in [0.5, 0.6) is 0 Å². The summed E-state index contributed by atoms with van der Waals surface area (Å²) < 4.78 is 6.68. The predicted octanol–water partition coefficient (Wildman–Crippen LogP) is 15.8. The number of ether oxygens (including phenoxy) is 1. The number of benzene rings is 1. The minimum absolute atomic E-state index is 0.0465. The SMILES string of the molecule is CCCCCCCCCCC(OC(=O)c1ccccc1C(=O)O)C(CCCCCCCCC)(CCCCCCCCC)CCCCCCCCC. The molecule has 0 saturated carbocycles. The van der Waals surface area contributed by atoms with Crippen LogP contribution >= 0.6 is 0 Å². The number of unbranched alkanes of at least 4 members (excludes halogenated alkanes) is 25. The first-order valence-corrected chi connectivity index (χ1v) is 22.5. The Morgan fingerprint density at radius 1 is 0.490 bits per heavy atom. The monoisotopic (exact) mass is 713 g/mol. The zero-order valence-electron chi connectivity index (χ0n) is 34.4. The van der Waals surface area contributed by atoms with E-state index in [-0.39, 0.29) is 22.6 Å². The Balaban J connectivity index is 3.32. The molecule has 1 atom stereocenters. The lowest BCUT2D eigenvalue weighted by Crippen LogP contribution is -2.39. The van der Waals surface area contributed by atoms with Crippen molar-refractivity contribution in [1.29, 1.82) is 0 Å². The van der Waals surface area contributed by atoms with Gasteiger partial charge in [0.05, 0.1) is 11.1 Å². The Labute approximate surface area is 317 Å². The van der Waals surface area contributed by atoms with Crippen molar-refractivity contribution in [3.05, 3.63) is 35.4 Å². The highest BCUT2D eigenvalue weighted by atomic mass is 16.5. The molecule has 0 fully saturated rings. The van der Waals surface area contributed by atoms with Crippen molar-refractivity contribution < 1.29 is 19.4 Å². The van der Waals surface area contributed by atoms with Gasteiger partial charge in [-0.15, -0.1) is 0 Å². The highest BCUT2D eigenvalue weighted by Gasteiger charge is 2.40. The summed E-state index contributed by atoms with van der Waals surface area (Å²) >= 11 is 0. The van der Waals surface area contributed by atoms with E-state index in [1.165, 1.54) is 186 Å². The normalized spacial score (nSPS) is 12.3. The van der Waals surface area contributed by atoms with Crippen LogP contribution < -0.4 is 0 Å². The van der Waals surface area contributed by atoms with E-state index < -0.39 is 11.9 Å². The van der Waals surface area contributed by atoms with Gasteiger partial charge in [0.25, 0.3) is 0 Å². The molecule has 0 amide bonds. The molecule has 296 valence electrons. The molecule has 0 radical (unpaired) electrons. The molecule has 1 aromatic carbocycles. The van der Waals surface area contributed by atoms with Crippen LogP contribution in [0.2, 0.25) is 0 Å². The molecular weight excluding hydrogens is 629 g/mol. The molecule has 0 bridgehead atoms. The molecule has 1 N–H and O–H groups in total. The quantitative estimate of drug-likeness (QED) is 0.0551. The zero-order chi connectivity index (χ0) is 37.3. The molecule has 51 heavy (non-hydrogen) atoms. The standard InChI is InChI=1S/C47H84O4/c1-5-9-13-17-21-22-26-30-38-44(51-46(50)43-37-32-31-36-42(43)45(48)49)47(39-33-27-23-18-14-10-6-2,40-34-28-24-19-15-11-7-3)41-35-29-25-20-16-12-8-4/h31-32,36-37,44H,5-30,33-35,38-41H2,1-4H3,(H,48,49). The molecule has 4 nitrogen and oxygen atoms in total. The Kier molecular flexibility index (Phi) is 30.3. The van der Waals surface area contributed by atoms with E-state index in [2.05, 4.69) is 27.7 Å². The number of aromatic carboxylic acids is 1. The molecule has 0 aliphatic carbocycles. The number of carbonyl (C=O) groups excluding carboxylic acids is 1. The van der Waals surface area contributed by atoms with Crippen LogP contribution in [0.15, 0.2) is 24.3 Å². The molecule has 1 unspecified atom stereocenters. The van der Waals surface area contributed by atoms with Crippen molar-refractivity contribution >= 4 is 11.9 Å². The zero-order valence-corrected chi connectivity index (χ0v) is 34.4. The van der Waals surface area contributed by atoms with Gasteiger partial charge in [-0.1, -0.05) is 220 Å². The van der Waals surface area contributed by atoms with Crippen molar-refractivity contribution in [2.24, 2.45) is 5.41 Å². The van der Waals surface area contributed by atoms with Crippen LogP contribution in [0.4, 0.5) is 0 Å². The van der Waals surface area contributed by atoms with Crippen LogP contribution in [-0.4, -0.2) is 23.1 Å². The van der Waals surface area contributed by atoms with Crippen LogP contribution in [0.1, 0.15) is 260 Å². The van der Waals surface area contributed by atoms with Gasteiger partial charge in [-0.25, -0.2) is 9.59 Å². The largest absolute Gasteiger partial charge is 0.478 e. The lowest BCUT2D eigenvalue weighted by molar-refractivity contribution is -0.0390. The number of esters is 1. The van der Waals surface area contributed by atoms with Gasteiger partial charge in [0.2, 0.25) is 0 Å². The van der Waals surface area contributed by atoms with Gasteiger partial charge in [-0.2, -0.15) is 0 Å². The van der Waals surface area contributed by atoms with Crippen molar-refractivity contribution in [3.8, 4) is 0 Å². The second-order valence-corrected chi connectivity index (χ2v) is 16.0. The summed E-state index contributed by atoms with van der Waals surface area (Å²) in [7, 11) is 0. The first-order chi connectivity index (χ1) is 25.0. The summed E-state index contributed by atoms with van der Waals surface area (Å²) in [4.78, 5) is 26.2. The van der Waals surface area contributed by atoms with Gasteiger partial charge in [0.15, 0.2) is 0 Å². The van der Waals surface area contributed by atoms with Crippen molar-refractivity contribution in [1.82, 2.24) is 0 Å². The van der Waals surface area contributed by atoms with E-state index in [0.717, 1.165) is 32.1 Å². The topological polar surface area (TPSA) is 63.6 Å². The average molecular weight is 713 g/mol. The second kappa shape index (κ2) is 32.8. The molecule has 1 rings (SSSR count). The molecular formula is C47H84O4. The first-order valence-electron chi connectivity index (χ1n) is 22.5. The molecule has 4 heteroatoms. The number of hydrogen-bond donors (Lipinski definition) is 1. The summed E-state index contributed by atoms with van der Waals surface area (Å²) in [6.07, 6.45) is 41.0. The fourth-order valence-corrected chi connectivity index (χ4v) is 8.15. The highest BCUT2D eigenvalue weighted by Crippen LogP contribution is 2.44. The van der Waals surface area contributed by atoms with Gasteiger partial charge in [0, 0.05) is 5.41 Å². The number of hydrogen-bond acceptors (Lipinski definition) is 3. The number of carbonyl (C=O) groups is 2. The predicted molar refractivity (Wildman–Crippen MR) is 220 cm³/mol. The Morgan fingerprint density at radius 3 is 1.16 bits per heavy atom. The molecule has 0 heterocycles. The molecule has 0 spiro atoms. The van der Waals surface area contributed by atoms with Gasteiger partial charge in [-0.05, 0) is 44.2 Å². The van der Waals surface area contributed by atoms with Crippen molar-refractivity contribution in [2.45, 2.75) is 246 Å². The third kappa shape index (κ3) is 22.8. The fourth-order valence-electron chi connectivity index (χ4n) is 8.15.